The van der Waals surface area contributed by atoms with Gasteiger partial charge in [0.15, 0.2) is 11.9 Å². The van der Waals surface area contributed by atoms with Crippen LogP contribution in [0.4, 0.5) is 5.69 Å². The van der Waals surface area contributed by atoms with Gasteiger partial charge < -0.3 is 4.42 Å². The van der Waals surface area contributed by atoms with E-state index in [1.807, 2.05) is 18.2 Å². The van der Waals surface area contributed by atoms with E-state index < -0.39 is 8.07 Å². The fourth-order valence-corrected chi connectivity index (χ4v) is 6.14. The second-order valence-electron chi connectivity index (χ2n) is 9.57. The summed E-state index contributed by atoms with van der Waals surface area (Å²) in [5.41, 5.74) is 7.22. The largest absolute Gasteiger partial charge is 0.456 e. The molecule has 0 radical (unpaired) electrons. The molecule has 3 nitrogen and oxygen atoms in total. The maximum absolute atomic E-state index is 7.31. The van der Waals surface area contributed by atoms with E-state index in [0.29, 0.717) is 11.6 Å². The molecule has 0 aliphatic heterocycles. The van der Waals surface area contributed by atoms with Crippen LogP contribution in [0.1, 0.15) is 30.9 Å². The Hall–Kier alpha value is -2.90. The predicted molar refractivity (Wildman–Crippen MR) is 128 cm³/mol. The summed E-state index contributed by atoms with van der Waals surface area (Å²) in [5.74, 6) is 0.461. The van der Waals surface area contributed by atoms with Crippen LogP contribution in [0.5, 0.6) is 0 Å². The third-order valence-electron chi connectivity index (χ3n) is 5.95. The standard InChI is InChI=1S/C26H29N2OSi/c1-16(2)21-14-22(28(5)15-24(21)30(6,7)8)25-17(3)9-11-20-19-12-10-18(27-4)13-23(19)29-26(20)25/h9-16H,1-3,5-8H3/q+1. The van der Waals surface area contributed by atoms with Crippen molar-refractivity contribution in [2.24, 2.45) is 7.05 Å². The van der Waals surface area contributed by atoms with Crippen molar-refractivity contribution in [3.8, 4) is 11.3 Å². The molecule has 0 fully saturated rings. The molecule has 2 heterocycles. The number of hydrogen-bond donors (Lipinski definition) is 0. The van der Waals surface area contributed by atoms with Crippen molar-refractivity contribution in [1.29, 1.82) is 0 Å². The Morgan fingerprint density at radius 2 is 1.73 bits per heavy atom. The molecule has 4 rings (SSSR count). The van der Waals surface area contributed by atoms with Crippen molar-refractivity contribution in [2.75, 3.05) is 0 Å². The van der Waals surface area contributed by atoms with Crippen molar-refractivity contribution in [1.82, 2.24) is 0 Å². The first kappa shape index (κ1) is 20.4. The number of fused-ring (bicyclic) bond motifs is 3. The van der Waals surface area contributed by atoms with Crippen molar-refractivity contribution in [3.05, 3.63) is 65.1 Å². The Morgan fingerprint density at radius 3 is 2.37 bits per heavy atom. The lowest BCUT2D eigenvalue weighted by atomic mass is 9.97. The second kappa shape index (κ2) is 7.11. The molecule has 0 bridgehead atoms. The van der Waals surface area contributed by atoms with Gasteiger partial charge in [0.25, 0.3) is 0 Å². The molecular formula is C26H29N2OSi+. The SMILES string of the molecule is [C-]#[N+]c1ccc2c(c1)oc1c(-c3cc(C(C)C)c([Si](C)(C)C)c[n+]3C)c(C)ccc12. The zero-order chi connectivity index (χ0) is 21.8. The quantitative estimate of drug-likeness (QED) is 0.210. The lowest BCUT2D eigenvalue weighted by Crippen LogP contribution is -2.47. The minimum Gasteiger partial charge on any atom is -0.456 e. The van der Waals surface area contributed by atoms with Crippen molar-refractivity contribution < 1.29 is 8.98 Å². The van der Waals surface area contributed by atoms with Crippen LogP contribution in [-0.2, 0) is 7.05 Å². The monoisotopic (exact) mass is 413 g/mol. The molecule has 0 spiro atoms. The maximum Gasteiger partial charge on any atom is 0.216 e. The molecule has 2 aromatic heterocycles. The van der Waals surface area contributed by atoms with E-state index >= 15 is 0 Å². The van der Waals surface area contributed by atoms with E-state index in [1.54, 1.807) is 0 Å². The number of benzene rings is 2. The maximum atomic E-state index is 7.31. The molecule has 30 heavy (non-hydrogen) atoms. The molecule has 0 aliphatic rings. The third kappa shape index (κ3) is 3.24. The first-order valence-corrected chi connectivity index (χ1v) is 14.0. The second-order valence-corrected chi connectivity index (χ2v) is 14.6. The van der Waals surface area contributed by atoms with Crippen molar-refractivity contribution in [3.63, 3.8) is 0 Å². The summed E-state index contributed by atoms with van der Waals surface area (Å²) in [6.07, 6.45) is 2.34. The summed E-state index contributed by atoms with van der Waals surface area (Å²) in [6.45, 7) is 21.3. The number of furan rings is 1. The van der Waals surface area contributed by atoms with Crippen molar-refractivity contribution in [2.45, 2.75) is 46.3 Å². The first-order valence-electron chi connectivity index (χ1n) is 10.5. The van der Waals surface area contributed by atoms with Gasteiger partial charge in [-0.05, 0) is 30.0 Å². The van der Waals surface area contributed by atoms with Gasteiger partial charge in [-0.3, -0.25) is 0 Å². The first-order chi connectivity index (χ1) is 14.1. The number of hydrogen-bond acceptors (Lipinski definition) is 1. The normalized spacial score (nSPS) is 12.1. The molecule has 0 atom stereocenters. The lowest BCUT2D eigenvalue weighted by molar-refractivity contribution is -0.659. The number of aryl methyl sites for hydroxylation is 2. The highest BCUT2D eigenvalue weighted by Crippen LogP contribution is 2.38. The van der Waals surface area contributed by atoms with Gasteiger partial charge in [0.1, 0.15) is 18.2 Å². The van der Waals surface area contributed by atoms with Crippen LogP contribution in [0.2, 0.25) is 19.6 Å². The molecule has 2 aromatic carbocycles. The Morgan fingerprint density at radius 1 is 1.03 bits per heavy atom. The third-order valence-corrected chi connectivity index (χ3v) is 7.99. The minimum atomic E-state index is -1.47. The van der Waals surface area contributed by atoms with Gasteiger partial charge in [-0.2, -0.15) is 0 Å². The van der Waals surface area contributed by atoms with Gasteiger partial charge >= 0.3 is 0 Å². The van der Waals surface area contributed by atoms with Crippen LogP contribution in [-0.4, -0.2) is 8.07 Å². The molecule has 0 unspecified atom stereocenters. The van der Waals surface area contributed by atoms with Gasteiger partial charge in [0.2, 0.25) is 5.69 Å². The van der Waals surface area contributed by atoms with Crippen LogP contribution < -0.4 is 9.75 Å². The van der Waals surface area contributed by atoms with Gasteiger partial charge in [0.05, 0.1) is 20.2 Å². The van der Waals surface area contributed by atoms with Crippen LogP contribution in [0.15, 0.2) is 47.0 Å². The molecule has 4 heteroatoms. The van der Waals surface area contributed by atoms with Gasteiger partial charge in [-0.25, -0.2) is 9.41 Å². The van der Waals surface area contributed by atoms with Crippen molar-refractivity contribution >= 4 is 40.9 Å². The number of rotatable bonds is 3. The zero-order valence-electron chi connectivity index (χ0n) is 18.9. The summed E-state index contributed by atoms with van der Waals surface area (Å²) in [7, 11) is 0.667. The van der Waals surface area contributed by atoms with Gasteiger partial charge in [-0.15, -0.1) is 0 Å². The molecule has 0 aliphatic carbocycles. The summed E-state index contributed by atoms with van der Waals surface area (Å²) >= 11 is 0. The molecule has 0 saturated carbocycles. The topological polar surface area (TPSA) is 21.4 Å². The van der Waals surface area contributed by atoms with E-state index in [9.17, 15) is 0 Å². The van der Waals surface area contributed by atoms with E-state index in [2.05, 4.69) is 81.3 Å². The Labute approximate surface area is 179 Å². The Bertz CT molecular complexity index is 1330. The summed E-state index contributed by atoms with van der Waals surface area (Å²) in [4.78, 5) is 3.56. The van der Waals surface area contributed by atoms with Crippen LogP contribution in [0, 0.1) is 13.5 Å². The molecule has 0 N–H and O–H groups in total. The fraction of sp³-hybridized carbons (Fsp3) is 0.308. The molecule has 4 aromatic rings. The van der Waals surface area contributed by atoms with E-state index in [4.69, 9.17) is 11.0 Å². The summed E-state index contributed by atoms with van der Waals surface area (Å²) < 4.78 is 8.63. The number of nitrogens with zero attached hydrogens (tertiary/aromatic N) is 2. The van der Waals surface area contributed by atoms with Gasteiger partial charge in [-0.1, -0.05) is 57.8 Å². The summed E-state index contributed by atoms with van der Waals surface area (Å²) in [6, 6.07) is 12.4. The van der Waals surface area contributed by atoms with Crippen LogP contribution in [0.3, 0.4) is 0 Å². The smallest absolute Gasteiger partial charge is 0.216 e. The molecule has 0 amide bonds. The fourth-order valence-electron chi connectivity index (χ4n) is 4.33. The Balaban J connectivity index is 2.07. The van der Waals surface area contributed by atoms with Gasteiger partial charge in [0, 0.05) is 22.0 Å². The average molecular weight is 414 g/mol. The average Bonchev–Trinajstić information content (AvgIpc) is 3.04. The molecular weight excluding hydrogens is 384 g/mol. The van der Waals surface area contributed by atoms with E-state index in [-0.39, 0.29) is 0 Å². The number of pyridine rings is 1. The minimum absolute atomic E-state index is 0.461. The zero-order valence-corrected chi connectivity index (χ0v) is 19.9. The van der Waals surface area contributed by atoms with E-state index in [0.717, 1.165) is 27.5 Å². The van der Waals surface area contributed by atoms with E-state index in [1.165, 1.54) is 22.0 Å². The highest BCUT2D eigenvalue weighted by Gasteiger charge is 2.29. The number of aromatic nitrogens is 1. The predicted octanol–water partition coefficient (Wildman–Crippen LogP) is 6.61. The summed E-state index contributed by atoms with van der Waals surface area (Å²) in [5, 5.41) is 3.67. The molecule has 152 valence electrons. The Kier molecular flexibility index (Phi) is 4.83. The van der Waals surface area contributed by atoms with Crippen LogP contribution >= 0.6 is 0 Å². The molecule has 0 saturated heterocycles. The lowest BCUT2D eigenvalue weighted by Gasteiger charge is -2.22. The highest BCUT2D eigenvalue weighted by molar-refractivity contribution is 6.89. The van der Waals surface area contributed by atoms with Crippen LogP contribution in [0.25, 0.3) is 38.0 Å². The highest BCUT2D eigenvalue weighted by atomic mass is 28.3.